The smallest absolute Gasteiger partial charge is 0.302 e. The van der Waals surface area contributed by atoms with Crippen molar-refractivity contribution in [2.45, 2.75) is 13.8 Å². The first-order valence-corrected chi connectivity index (χ1v) is 3.54. The normalized spacial score (nSPS) is 10.2. The van der Waals surface area contributed by atoms with Crippen LogP contribution in [0, 0.1) is 11.3 Å². The molecule has 0 aromatic carbocycles. The molecule has 0 atom stereocenters. The molecule has 0 aromatic heterocycles. The molecule has 0 amide bonds. The van der Waals surface area contributed by atoms with E-state index in [4.69, 9.17) is 10.00 Å². The first-order valence-electron chi connectivity index (χ1n) is 3.54. The summed E-state index contributed by atoms with van der Waals surface area (Å²) in [6, 6.07) is 1.85. The molecule has 66 valence electrons. The lowest BCUT2D eigenvalue weighted by Crippen LogP contribution is -2.02. The molecule has 0 rings (SSSR count). The van der Waals surface area contributed by atoms with Gasteiger partial charge in [-0.2, -0.15) is 5.26 Å². The second-order valence-corrected chi connectivity index (χ2v) is 1.99. The lowest BCUT2D eigenvalue weighted by atomic mass is 10.3. The fraction of sp³-hybridized carbons (Fsp3) is 0.500. The topological polar surface area (TPSA) is 59.3 Å². The van der Waals surface area contributed by atoms with Gasteiger partial charge in [-0.3, -0.25) is 4.79 Å². The number of nitriles is 1. The van der Waals surface area contributed by atoms with E-state index in [-0.39, 0.29) is 6.61 Å². The number of nitrogens with zero attached hydrogens (tertiary/aromatic N) is 1. The monoisotopic (exact) mass is 169 g/mol. The van der Waals surface area contributed by atoms with Crippen LogP contribution in [-0.2, 0) is 14.3 Å². The van der Waals surface area contributed by atoms with Gasteiger partial charge in [0, 0.05) is 6.92 Å². The van der Waals surface area contributed by atoms with Crippen LogP contribution >= 0.6 is 0 Å². The highest BCUT2D eigenvalue weighted by Crippen LogP contribution is 1.94. The molecule has 0 aliphatic rings. The number of carbonyl (C=O) groups excluding carboxylic acids is 1. The third kappa shape index (κ3) is 5.30. The molecule has 0 heterocycles. The summed E-state index contributed by atoms with van der Waals surface area (Å²) in [6.45, 7) is 3.56. The molecule has 0 aliphatic carbocycles. The van der Waals surface area contributed by atoms with Crippen molar-refractivity contribution in [3.8, 4) is 6.07 Å². The second-order valence-electron chi connectivity index (χ2n) is 1.99. The number of carbonyl (C=O) groups is 1. The van der Waals surface area contributed by atoms with Crippen LogP contribution in [0.2, 0.25) is 0 Å². The molecular weight excluding hydrogens is 158 g/mol. The maximum absolute atomic E-state index is 10.3. The largest absolute Gasteiger partial charge is 0.500 e. The summed E-state index contributed by atoms with van der Waals surface area (Å²) in [7, 11) is 0. The molecule has 0 saturated carbocycles. The number of hydrogen-bond acceptors (Lipinski definition) is 4. The van der Waals surface area contributed by atoms with E-state index in [9.17, 15) is 4.79 Å². The minimum absolute atomic E-state index is 0.0220. The van der Waals surface area contributed by atoms with Gasteiger partial charge in [0.2, 0.25) is 0 Å². The quantitative estimate of drug-likeness (QED) is 0.358. The van der Waals surface area contributed by atoms with Gasteiger partial charge in [-0.15, -0.1) is 0 Å². The Morgan fingerprint density at radius 3 is 2.75 bits per heavy atom. The van der Waals surface area contributed by atoms with E-state index in [1.807, 2.05) is 6.07 Å². The number of rotatable bonds is 4. The van der Waals surface area contributed by atoms with Crippen LogP contribution in [0.15, 0.2) is 11.8 Å². The summed E-state index contributed by atoms with van der Waals surface area (Å²) < 4.78 is 9.43. The Labute approximate surface area is 71.4 Å². The van der Waals surface area contributed by atoms with E-state index in [2.05, 4.69) is 4.74 Å². The van der Waals surface area contributed by atoms with E-state index >= 15 is 0 Å². The van der Waals surface area contributed by atoms with Gasteiger partial charge in [0.25, 0.3) is 0 Å². The van der Waals surface area contributed by atoms with Crippen molar-refractivity contribution in [3.05, 3.63) is 11.8 Å². The van der Waals surface area contributed by atoms with Crippen molar-refractivity contribution in [1.29, 1.82) is 5.26 Å². The predicted molar refractivity (Wildman–Crippen MR) is 42.0 cm³/mol. The zero-order chi connectivity index (χ0) is 9.40. The van der Waals surface area contributed by atoms with Gasteiger partial charge in [0.05, 0.1) is 6.61 Å². The van der Waals surface area contributed by atoms with Crippen LogP contribution in [0.5, 0.6) is 0 Å². The van der Waals surface area contributed by atoms with E-state index in [1.165, 1.54) is 13.2 Å². The molecule has 4 heteroatoms. The molecule has 12 heavy (non-hydrogen) atoms. The summed E-state index contributed by atoms with van der Waals surface area (Å²) in [5.41, 5.74) is 0.298. The SMILES string of the molecule is CCO/C=C(\C#N)COC(C)=O. The van der Waals surface area contributed by atoms with E-state index in [0.717, 1.165) is 0 Å². The van der Waals surface area contributed by atoms with Crippen LogP contribution < -0.4 is 0 Å². The number of hydrogen-bond donors (Lipinski definition) is 0. The highest BCUT2D eigenvalue weighted by molar-refractivity contribution is 5.66. The standard InChI is InChI=1S/C8H11NO3/c1-3-11-5-8(4-9)6-12-7(2)10/h5H,3,6H2,1-2H3/b8-5+. The molecule has 0 unspecified atom stereocenters. The Hall–Kier alpha value is -1.50. The van der Waals surface area contributed by atoms with Crippen molar-refractivity contribution in [3.63, 3.8) is 0 Å². The molecular formula is C8H11NO3. The van der Waals surface area contributed by atoms with E-state index < -0.39 is 5.97 Å². The van der Waals surface area contributed by atoms with Crippen LogP contribution in [0.4, 0.5) is 0 Å². The Balaban J connectivity index is 3.85. The van der Waals surface area contributed by atoms with Crippen molar-refractivity contribution in [1.82, 2.24) is 0 Å². The van der Waals surface area contributed by atoms with Crippen LogP contribution in [0.25, 0.3) is 0 Å². The van der Waals surface area contributed by atoms with Gasteiger partial charge >= 0.3 is 5.97 Å². The molecule has 0 radical (unpaired) electrons. The van der Waals surface area contributed by atoms with Gasteiger partial charge in [0.1, 0.15) is 24.5 Å². The first-order chi connectivity index (χ1) is 5.70. The van der Waals surface area contributed by atoms with E-state index in [0.29, 0.717) is 12.2 Å². The molecule has 0 fully saturated rings. The average Bonchev–Trinajstić information content (AvgIpc) is 2.05. The third-order valence-corrected chi connectivity index (χ3v) is 0.967. The molecule has 4 nitrogen and oxygen atoms in total. The lowest BCUT2D eigenvalue weighted by molar-refractivity contribution is -0.139. The van der Waals surface area contributed by atoms with Crippen molar-refractivity contribution >= 4 is 5.97 Å². The highest BCUT2D eigenvalue weighted by Gasteiger charge is 1.98. The molecule has 0 spiro atoms. The molecule has 0 saturated heterocycles. The molecule has 0 N–H and O–H groups in total. The Kier molecular flexibility index (Phi) is 5.45. The molecule has 0 aromatic rings. The summed E-state index contributed by atoms with van der Waals surface area (Å²) >= 11 is 0. The highest BCUT2D eigenvalue weighted by atomic mass is 16.5. The summed E-state index contributed by atoms with van der Waals surface area (Å²) in [5.74, 6) is -0.410. The van der Waals surface area contributed by atoms with Crippen molar-refractivity contribution in [2.75, 3.05) is 13.2 Å². The third-order valence-electron chi connectivity index (χ3n) is 0.967. The zero-order valence-electron chi connectivity index (χ0n) is 7.16. The number of esters is 1. The zero-order valence-corrected chi connectivity index (χ0v) is 7.16. The van der Waals surface area contributed by atoms with E-state index in [1.54, 1.807) is 6.92 Å². The van der Waals surface area contributed by atoms with Gasteiger partial charge in [-0.1, -0.05) is 0 Å². The Morgan fingerprint density at radius 1 is 1.67 bits per heavy atom. The summed E-state index contributed by atoms with van der Waals surface area (Å²) in [4.78, 5) is 10.3. The Bertz CT molecular complexity index is 215. The van der Waals surface area contributed by atoms with Crippen LogP contribution in [0.3, 0.4) is 0 Å². The fourth-order valence-corrected chi connectivity index (χ4v) is 0.456. The molecule has 0 aliphatic heterocycles. The van der Waals surface area contributed by atoms with Crippen molar-refractivity contribution < 1.29 is 14.3 Å². The fourth-order valence-electron chi connectivity index (χ4n) is 0.456. The maximum atomic E-state index is 10.3. The predicted octanol–water partition coefficient (Wildman–Crippen LogP) is 0.993. The summed E-state index contributed by atoms with van der Waals surface area (Å²) in [5, 5.41) is 8.48. The summed E-state index contributed by atoms with van der Waals surface area (Å²) in [6.07, 6.45) is 1.29. The van der Waals surface area contributed by atoms with Crippen LogP contribution in [-0.4, -0.2) is 19.2 Å². The van der Waals surface area contributed by atoms with Crippen LogP contribution in [0.1, 0.15) is 13.8 Å². The average molecular weight is 169 g/mol. The minimum atomic E-state index is -0.410. The lowest BCUT2D eigenvalue weighted by Gasteiger charge is -1.99. The van der Waals surface area contributed by atoms with Gasteiger partial charge in [-0.05, 0) is 6.92 Å². The van der Waals surface area contributed by atoms with Crippen molar-refractivity contribution in [2.24, 2.45) is 0 Å². The van der Waals surface area contributed by atoms with Gasteiger partial charge in [0.15, 0.2) is 0 Å². The van der Waals surface area contributed by atoms with Gasteiger partial charge in [-0.25, -0.2) is 0 Å². The maximum Gasteiger partial charge on any atom is 0.302 e. The second kappa shape index (κ2) is 6.23. The molecule has 0 bridgehead atoms. The minimum Gasteiger partial charge on any atom is -0.500 e. The van der Waals surface area contributed by atoms with Gasteiger partial charge < -0.3 is 9.47 Å². The Morgan fingerprint density at radius 2 is 2.33 bits per heavy atom. The number of ether oxygens (including phenoxy) is 2. The first kappa shape index (κ1) is 10.5.